The molecule has 0 saturated heterocycles. The molecule has 0 amide bonds. The number of likely N-dealkylation sites (N-methyl/N-ethyl adjacent to an activating group) is 1. The van der Waals surface area contributed by atoms with Crippen LogP contribution in [-0.2, 0) is 0 Å². The summed E-state index contributed by atoms with van der Waals surface area (Å²) in [5.74, 6) is 2.67. The summed E-state index contributed by atoms with van der Waals surface area (Å²) in [6.07, 6.45) is 5.31. The van der Waals surface area contributed by atoms with Gasteiger partial charge in [-0.15, -0.1) is 0 Å². The second kappa shape index (κ2) is 6.47. The Balaban J connectivity index is 2.28. The highest BCUT2D eigenvalue weighted by molar-refractivity contribution is 5.17. The summed E-state index contributed by atoms with van der Waals surface area (Å²) in [7, 11) is 2.00. The number of hydrogen-bond donors (Lipinski definition) is 1. The molecular weight excluding hydrogens is 234 g/mol. The van der Waals surface area contributed by atoms with Gasteiger partial charge in [-0.05, 0) is 38.8 Å². The molecule has 0 aromatic carbocycles. The Kier molecular flexibility index (Phi) is 4.92. The number of rotatable bonds is 5. The minimum atomic E-state index is 0.407. The lowest BCUT2D eigenvalue weighted by Gasteiger charge is -2.21. The predicted molar refractivity (Wildman–Crippen MR) is 79.5 cm³/mol. The summed E-state index contributed by atoms with van der Waals surface area (Å²) < 4.78 is 0. The third-order valence-electron chi connectivity index (χ3n) is 4.23. The van der Waals surface area contributed by atoms with Crippen LogP contribution in [0.3, 0.4) is 0 Å². The average Bonchev–Trinajstić information content (AvgIpc) is 2.88. The number of hydrogen-bond acceptors (Lipinski definition) is 3. The molecule has 106 valence electrons. The molecule has 1 aliphatic carbocycles. The third-order valence-corrected chi connectivity index (χ3v) is 4.23. The van der Waals surface area contributed by atoms with Crippen LogP contribution in [0.1, 0.15) is 68.6 Å². The van der Waals surface area contributed by atoms with Crippen molar-refractivity contribution in [2.24, 2.45) is 5.92 Å². The van der Waals surface area contributed by atoms with E-state index in [0.29, 0.717) is 17.8 Å². The van der Waals surface area contributed by atoms with E-state index in [1.54, 1.807) is 0 Å². The minimum Gasteiger partial charge on any atom is -0.319 e. The Morgan fingerprint density at radius 3 is 2.53 bits per heavy atom. The summed E-state index contributed by atoms with van der Waals surface area (Å²) >= 11 is 0. The molecule has 1 N–H and O–H groups in total. The van der Waals surface area contributed by atoms with Crippen molar-refractivity contribution in [3.63, 3.8) is 0 Å². The Morgan fingerprint density at radius 1 is 1.26 bits per heavy atom. The lowest BCUT2D eigenvalue weighted by atomic mass is 9.94. The topological polar surface area (TPSA) is 37.8 Å². The van der Waals surface area contributed by atoms with Crippen LogP contribution >= 0.6 is 0 Å². The molecular formula is C16H27N3. The van der Waals surface area contributed by atoms with Crippen molar-refractivity contribution in [1.82, 2.24) is 15.3 Å². The second-order valence-electron chi connectivity index (χ2n) is 6.18. The molecule has 1 fully saturated rings. The highest BCUT2D eigenvalue weighted by Crippen LogP contribution is 2.34. The van der Waals surface area contributed by atoms with Crippen LogP contribution in [0, 0.1) is 12.8 Å². The normalized spacial score (nSPS) is 18.2. The van der Waals surface area contributed by atoms with Gasteiger partial charge in [0.2, 0.25) is 0 Å². The van der Waals surface area contributed by atoms with Crippen LogP contribution in [0.2, 0.25) is 0 Å². The summed E-state index contributed by atoms with van der Waals surface area (Å²) in [6, 6.07) is 2.19. The van der Waals surface area contributed by atoms with Crippen LogP contribution in [0.25, 0.3) is 0 Å². The Morgan fingerprint density at radius 2 is 1.95 bits per heavy atom. The van der Waals surface area contributed by atoms with E-state index < -0.39 is 0 Å². The van der Waals surface area contributed by atoms with E-state index in [-0.39, 0.29) is 0 Å². The van der Waals surface area contributed by atoms with Gasteiger partial charge in [0.05, 0.1) is 0 Å². The van der Waals surface area contributed by atoms with Crippen molar-refractivity contribution in [1.29, 1.82) is 0 Å². The monoisotopic (exact) mass is 261 g/mol. The van der Waals surface area contributed by atoms with Gasteiger partial charge in [-0.25, -0.2) is 9.97 Å². The second-order valence-corrected chi connectivity index (χ2v) is 6.18. The van der Waals surface area contributed by atoms with Crippen molar-refractivity contribution in [3.8, 4) is 0 Å². The molecule has 2 rings (SSSR count). The van der Waals surface area contributed by atoms with E-state index in [0.717, 1.165) is 18.1 Å². The van der Waals surface area contributed by atoms with Crippen LogP contribution in [0.15, 0.2) is 6.07 Å². The molecule has 1 saturated carbocycles. The van der Waals surface area contributed by atoms with Crippen molar-refractivity contribution in [3.05, 3.63) is 23.3 Å². The fourth-order valence-electron chi connectivity index (χ4n) is 3.06. The highest BCUT2D eigenvalue weighted by atomic mass is 14.9. The summed E-state index contributed by atoms with van der Waals surface area (Å²) in [5.41, 5.74) is 2.40. The zero-order valence-corrected chi connectivity index (χ0v) is 12.7. The van der Waals surface area contributed by atoms with Crippen molar-refractivity contribution in [2.75, 3.05) is 13.6 Å². The molecule has 0 bridgehead atoms. The lowest BCUT2D eigenvalue weighted by Crippen LogP contribution is -2.24. The fourth-order valence-corrected chi connectivity index (χ4v) is 3.06. The van der Waals surface area contributed by atoms with Crippen molar-refractivity contribution < 1.29 is 0 Å². The van der Waals surface area contributed by atoms with Gasteiger partial charge in [-0.3, -0.25) is 0 Å². The quantitative estimate of drug-likeness (QED) is 0.882. The first-order chi connectivity index (χ1) is 9.11. The molecule has 1 aromatic rings. The van der Waals surface area contributed by atoms with E-state index in [9.17, 15) is 0 Å². The Hall–Kier alpha value is -0.960. The van der Waals surface area contributed by atoms with Crippen LogP contribution in [-0.4, -0.2) is 23.6 Å². The SMILES string of the molecule is CNCC(c1nc(C)cc(C2CCCC2)n1)C(C)C. The van der Waals surface area contributed by atoms with E-state index in [1.165, 1.54) is 31.4 Å². The van der Waals surface area contributed by atoms with Crippen molar-refractivity contribution in [2.45, 2.75) is 58.3 Å². The van der Waals surface area contributed by atoms with Gasteiger partial charge >= 0.3 is 0 Å². The maximum absolute atomic E-state index is 4.90. The highest BCUT2D eigenvalue weighted by Gasteiger charge is 2.23. The summed E-state index contributed by atoms with van der Waals surface area (Å²) in [5, 5.41) is 3.28. The first-order valence-corrected chi connectivity index (χ1v) is 7.62. The standard InChI is InChI=1S/C16H27N3/c1-11(2)14(10-17-4)16-18-12(3)9-15(19-16)13-7-5-6-8-13/h9,11,13-14,17H,5-8,10H2,1-4H3. The Labute approximate surface area is 117 Å². The van der Waals surface area contributed by atoms with Gasteiger partial charge in [0.15, 0.2) is 0 Å². The maximum atomic E-state index is 4.90. The van der Waals surface area contributed by atoms with Gasteiger partial charge in [-0.2, -0.15) is 0 Å². The van der Waals surface area contributed by atoms with E-state index in [1.807, 2.05) is 7.05 Å². The molecule has 1 aliphatic rings. The number of aryl methyl sites for hydroxylation is 1. The summed E-state index contributed by atoms with van der Waals surface area (Å²) in [6.45, 7) is 7.55. The predicted octanol–water partition coefficient (Wildman–Crippen LogP) is 3.40. The minimum absolute atomic E-state index is 0.407. The largest absolute Gasteiger partial charge is 0.319 e. The van der Waals surface area contributed by atoms with Crippen LogP contribution in [0.4, 0.5) is 0 Å². The molecule has 1 heterocycles. The van der Waals surface area contributed by atoms with Gasteiger partial charge < -0.3 is 5.32 Å². The zero-order chi connectivity index (χ0) is 13.8. The number of aromatic nitrogens is 2. The van der Waals surface area contributed by atoms with Gasteiger partial charge in [0, 0.05) is 29.8 Å². The van der Waals surface area contributed by atoms with Gasteiger partial charge in [-0.1, -0.05) is 26.7 Å². The number of nitrogens with one attached hydrogen (secondary N) is 1. The third kappa shape index (κ3) is 3.53. The molecule has 3 nitrogen and oxygen atoms in total. The van der Waals surface area contributed by atoms with Crippen molar-refractivity contribution >= 4 is 0 Å². The van der Waals surface area contributed by atoms with E-state index >= 15 is 0 Å². The molecule has 0 spiro atoms. The molecule has 1 atom stereocenters. The first-order valence-electron chi connectivity index (χ1n) is 7.62. The smallest absolute Gasteiger partial charge is 0.133 e. The van der Waals surface area contributed by atoms with Gasteiger partial charge in [0.1, 0.15) is 5.82 Å². The molecule has 19 heavy (non-hydrogen) atoms. The van der Waals surface area contributed by atoms with E-state index in [4.69, 9.17) is 9.97 Å². The fraction of sp³-hybridized carbons (Fsp3) is 0.750. The molecule has 0 radical (unpaired) electrons. The average molecular weight is 261 g/mol. The van der Waals surface area contributed by atoms with Gasteiger partial charge in [0.25, 0.3) is 0 Å². The Bertz CT molecular complexity index is 408. The molecule has 3 heteroatoms. The molecule has 1 aromatic heterocycles. The van der Waals surface area contributed by atoms with Crippen LogP contribution in [0.5, 0.6) is 0 Å². The first kappa shape index (κ1) is 14.4. The van der Waals surface area contributed by atoms with Crippen LogP contribution < -0.4 is 5.32 Å². The zero-order valence-electron chi connectivity index (χ0n) is 12.7. The van der Waals surface area contributed by atoms with E-state index in [2.05, 4.69) is 32.2 Å². The summed E-state index contributed by atoms with van der Waals surface area (Å²) in [4.78, 5) is 9.60. The lowest BCUT2D eigenvalue weighted by molar-refractivity contribution is 0.454. The molecule has 0 aliphatic heterocycles. The maximum Gasteiger partial charge on any atom is 0.133 e. The molecule has 1 unspecified atom stereocenters. The number of nitrogens with zero attached hydrogens (tertiary/aromatic N) is 2.